The predicted octanol–water partition coefficient (Wildman–Crippen LogP) is 0.954. The number of amides is 2. The van der Waals surface area contributed by atoms with Gasteiger partial charge in [0.2, 0.25) is 11.8 Å². The molecule has 0 aromatic carbocycles. The van der Waals surface area contributed by atoms with Gasteiger partial charge in [-0.2, -0.15) is 0 Å². The standard InChI is InChI=1S/C7H15NO.C5H11N3O2.2C2H6/c1-7(9)5-3-2-4-6-8;1-7-3-5(10)8-2-4(6)9;2*1-2/h2-6,8H2,1H3;7H,2-3H2,1H3,(H2,6,9)(H,8,10);2*1-2H3. The van der Waals surface area contributed by atoms with Crippen LogP contribution in [0.25, 0.3) is 0 Å². The molecule has 6 N–H and O–H groups in total. The Morgan fingerprint density at radius 1 is 0.913 bits per heavy atom. The zero-order valence-electron chi connectivity index (χ0n) is 15.8. The Bertz CT molecular complexity index is 272. The molecule has 0 rings (SSSR count). The molecule has 0 heterocycles. The Morgan fingerprint density at radius 2 is 1.43 bits per heavy atom. The maximum absolute atomic E-state index is 10.6. The summed E-state index contributed by atoms with van der Waals surface area (Å²) in [6.07, 6.45) is 3.87. The molecule has 0 aliphatic carbocycles. The molecule has 0 unspecified atom stereocenters. The van der Waals surface area contributed by atoms with E-state index in [1.165, 1.54) is 0 Å². The van der Waals surface area contributed by atoms with Crippen LogP contribution in [0.4, 0.5) is 0 Å². The van der Waals surface area contributed by atoms with E-state index in [2.05, 4.69) is 10.6 Å². The number of carbonyl (C=O) groups excluding carboxylic acids is 3. The summed E-state index contributed by atoms with van der Waals surface area (Å²) in [4.78, 5) is 31.0. The molecule has 0 atom stereocenters. The van der Waals surface area contributed by atoms with E-state index in [0.717, 1.165) is 32.2 Å². The molecule has 2 amide bonds. The van der Waals surface area contributed by atoms with Gasteiger partial charge in [0.05, 0.1) is 13.1 Å². The molecular formula is C16H38N4O3. The van der Waals surface area contributed by atoms with E-state index in [-0.39, 0.29) is 24.8 Å². The first-order chi connectivity index (χ1) is 10.9. The van der Waals surface area contributed by atoms with Crippen molar-refractivity contribution in [3.8, 4) is 0 Å². The SMILES string of the molecule is CC.CC.CC(=O)CCCCCN.CNCC(=O)NCC(N)=O. The fourth-order valence-corrected chi connectivity index (χ4v) is 1.10. The van der Waals surface area contributed by atoms with Crippen LogP contribution in [0.3, 0.4) is 0 Å². The van der Waals surface area contributed by atoms with Gasteiger partial charge in [-0.1, -0.05) is 34.1 Å². The number of primary amides is 1. The Hall–Kier alpha value is -1.47. The first-order valence-electron chi connectivity index (χ1n) is 8.33. The lowest BCUT2D eigenvalue weighted by atomic mass is 10.1. The van der Waals surface area contributed by atoms with E-state index < -0.39 is 5.91 Å². The molecule has 23 heavy (non-hydrogen) atoms. The highest BCUT2D eigenvalue weighted by Gasteiger charge is 1.98. The van der Waals surface area contributed by atoms with Crippen LogP contribution in [0.2, 0.25) is 0 Å². The Balaban J connectivity index is -0.000000129. The number of hydrogen-bond donors (Lipinski definition) is 4. The van der Waals surface area contributed by atoms with Gasteiger partial charge >= 0.3 is 0 Å². The third-order valence-corrected chi connectivity index (χ3v) is 2.03. The van der Waals surface area contributed by atoms with Crippen LogP contribution in [0.15, 0.2) is 0 Å². The first-order valence-corrected chi connectivity index (χ1v) is 8.33. The quantitative estimate of drug-likeness (QED) is 0.467. The minimum absolute atomic E-state index is 0.0967. The highest BCUT2D eigenvalue weighted by atomic mass is 16.2. The van der Waals surface area contributed by atoms with Crippen molar-refractivity contribution < 1.29 is 14.4 Å². The normalized spacial score (nSPS) is 8.13. The van der Waals surface area contributed by atoms with Gasteiger partial charge in [0.15, 0.2) is 0 Å². The summed E-state index contributed by atoms with van der Waals surface area (Å²) < 4.78 is 0. The summed E-state index contributed by atoms with van der Waals surface area (Å²) in [6, 6.07) is 0. The van der Waals surface area contributed by atoms with E-state index in [1.807, 2.05) is 27.7 Å². The molecule has 0 saturated heterocycles. The highest BCUT2D eigenvalue weighted by molar-refractivity contribution is 5.84. The number of Topliss-reactive ketones (excluding diaryl/α,β-unsaturated/α-hetero) is 1. The van der Waals surface area contributed by atoms with E-state index in [9.17, 15) is 14.4 Å². The predicted molar refractivity (Wildman–Crippen MR) is 97.0 cm³/mol. The maximum Gasteiger partial charge on any atom is 0.236 e. The number of ketones is 1. The van der Waals surface area contributed by atoms with Gasteiger partial charge in [-0.3, -0.25) is 9.59 Å². The van der Waals surface area contributed by atoms with Crippen LogP contribution in [-0.2, 0) is 14.4 Å². The molecule has 0 aliphatic rings. The smallest absolute Gasteiger partial charge is 0.236 e. The lowest BCUT2D eigenvalue weighted by molar-refractivity contribution is -0.124. The molecule has 7 nitrogen and oxygen atoms in total. The number of carbonyl (C=O) groups is 3. The minimum Gasteiger partial charge on any atom is -0.368 e. The van der Waals surface area contributed by atoms with Gasteiger partial charge in [0.1, 0.15) is 5.78 Å². The summed E-state index contributed by atoms with van der Waals surface area (Å²) >= 11 is 0. The van der Waals surface area contributed by atoms with Crippen molar-refractivity contribution in [1.29, 1.82) is 0 Å². The van der Waals surface area contributed by atoms with E-state index in [4.69, 9.17) is 11.5 Å². The molecular weight excluding hydrogens is 296 g/mol. The molecule has 0 bridgehead atoms. The van der Waals surface area contributed by atoms with Crippen molar-refractivity contribution in [2.75, 3.05) is 26.7 Å². The molecule has 0 aromatic rings. The topological polar surface area (TPSA) is 127 Å². The molecule has 0 saturated carbocycles. The molecule has 0 aliphatic heterocycles. The highest BCUT2D eigenvalue weighted by Crippen LogP contribution is 1.98. The van der Waals surface area contributed by atoms with Crippen molar-refractivity contribution in [3.63, 3.8) is 0 Å². The Kier molecular flexibility index (Phi) is 36.8. The first kappa shape index (κ1) is 29.5. The van der Waals surface area contributed by atoms with Crippen molar-refractivity contribution in [3.05, 3.63) is 0 Å². The van der Waals surface area contributed by atoms with Crippen LogP contribution >= 0.6 is 0 Å². The molecule has 0 spiro atoms. The summed E-state index contributed by atoms with van der Waals surface area (Å²) in [5, 5.41) is 4.93. The van der Waals surface area contributed by atoms with Crippen LogP contribution < -0.4 is 22.1 Å². The van der Waals surface area contributed by atoms with E-state index >= 15 is 0 Å². The number of unbranched alkanes of at least 4 members (excludes halogenated alkanes) is 2. The van der Waals surface area contributed by atoms with Gasteiger partial charge in [0.25, 0.3) is 0 Å². The van der Waals surface area contributed by atoms with Crippen LogP contribution in [0, 0.1) is 0 Å². The zero-order chi connectivity index (χ0) is 19.1. The molecule has 0 radical (unpaired) electrons. The monoisotopic (exact) mass is 334 g/mol. The van der Waals surface area contributed by atoms with Crippen LogP contribution in [0.1, 0.15) is 60.3 Å². The van der Waals surface area contributed by atoms with E-state index in [1.54, 1.807) is 14.0 Å². The minimum atomic E-state index is -0.538. The summed E-state index contributed by atoms with van der Waals surface area (Å²) in [7, 11) is 1.64. The number of nitrogens with two attached hydrogens (primary N) is 2. The Morgan fingerprint density at radius 3 is 1.78 bits per heavy atom. The van der Waals surface area contributed by atoms with Gasteiger partial charge < -0.3 is 26.9 Å². The second kappa shape index (κ2) is 28.7. The summed E-state index contributed by atoms with van der Waals surface area (Å²) in [6.45, 7) is 10.5. The van der Waals surface area contributed by atoms with Crippen molar-refractivity contribution >= 4 is 17.6 Å². The molecule has 140 valence electrons. The zero-order valence-corrected chi connectivity index (χ0v) is 15.8. The average Bonchev–Trinajstić information content (AvgIpc) is 2.54. The lowest BCUT2D eigenvalue weighted by Crippen LogP contribution is -2.37. The maximum atomic E-state index is 10.6. The molecule has 0 aromatic heterocycles. The number of hydrogen-bond acceptors (Lipinski definition) is 5. The summed E-state index contributed by atoms with van der Waals surface area (Å²) in [5.41, 5.74) is 10.0. The molecule has 0 fully saturated rings. The lowest BCUT2D eigenvalue weighted by Gasteiger charge is -1.99. The van der Waals surface area contributed by atoms with Crippen LogP contribution in [0.5, 0.6) is 0 Å². The number of rotatable bonds is 9. The van der Waals surface area contributed by atoms with E-state index in [0.29, 0.717) is 0 Å². The van der Waals surface area contributed by atoms with Gasteiger partial charge in [-0.25, -0.2) is 0 Å². The second-order valence-corrected chi connectivity index (χ2v) is 4.07. The van der Waals surface area contributed by atoms with Gasteiger partial charge in [0, 0.05) is 6.42 Å². The third-order valence-electron chi connectivity index (χ3n) is 2.03. The van der Waals surface area contributed by atoms with Crippen LogP contribution in [-0.4, -0.2) is 44.3 Å². The largest absolute Gasteiger partial charge is 0.368 e. The Labute approximate surface area is 141 Å². The van der Waals surface area contributed by atoms with Gasteiger partial charge in [-0.05, 0) is 33.4 Å². The van der Waals surface area contributed by atoms with Crippen molar-refractivity contribution in [1.82, 2.24) is 10.6 Å². The number of nitrogens with one attached hydrogen (secondary N) is 2. The fraction of sp³-hybridized carbons (Fsp3) is 0.812. The fourth-order valence-electron chi connectivity index (χ4n) is 1.10. The average molecular weight is 335 g/mol. The van der Waals surface area contributed by atoms with Gasteiger partial charge in [-0.15, -0.1) is 0 Å². The van der Waals surface area contributed by atoms with Crippen molar-refractivity contribution in [2.45, 2.75) is 60.3 Å². The molecule has 7 heteroatoms. The number of likely N-dealkylation sites (N-methyl/N-ethyl adjacent to an activating group) is 1. The third kappa shape index (κ3) is 44.9. The second-order valence-electron chi connectivity index (χ2n) is 4.07. The van der Waals surface area contributed by atoms with Crippen molar-refractivity contribution in [2.24, 2.45) is 11.5 Å². The summed E-state index contributed by atoms with van der Waals surface area (Å²) in [5.74, 6) is -0.488.